The highest BCUT2D eigenvalue weighted by Crippen LogP contribution is 2.28. The van der Waals surface area contributed by atoms with E-state index in [1.165, 1.54) is 6.07 Å². The highest BCUT2D eigenvalue weighted by molar-refractivity contribution is 5.89. The van der Waals surface area contributed by atoms with Gasteiger partial charge in [0.2, 0.25) is 0 Å². The van der Waals surface area contributed by atoms with Crippen LogP contribution in [0.2, 0.25) is 0 Å². The number of hydrogen-bond acceptors (Lipinski definition) is 4. The number of nitrogens with zero attached hydrogens (tertiary/aromatic N) is 1. The molecule has 110 valence electrons. The van der Waals surface area contributed by atoms with E-state index in [2.05, 4.69) is 5.16 Å². The zero-order chi connectivity index (χ0) is 15.5. The average Bonchev–Trinajstić information content (AvgIpc) is 3.05. The monoisotopic (exact) mass is 295 g/mol. The van der Waals surface area contributed by atoms with Gasteiger partial charge in [-0.25, -0.2) is 4.79 Å². The minimum Gasteiger partial charge on any atom is -0.497 e. The second-order valence-electron chi connectivity index (χ2n) is 4.69. The summed E-state index contributed by atoms with van der Waals surface area (Å²) in [5.41, 5.74) is 2.33. The van der Waals surface area contributed by atoms with Crippen LogP contribution in [0.4, 0.5) is 0 Å². The molecule has 1 aromatic heterocycles. The van der Waals surface area contributed by atoms with Crippen LogP contribution in [0.3, 0.4) is 0 Å². The number of rotatable bonds is 4. The summed E-state index contributed by atoms with van der Waals surface area (Å²) in [7, 11) is 1.60. The van der Waals surface area contributed by atoms with Crippen LogP contribution in [-0.4, -0.2) is 23.3 Å². The number of carbonyl (C=O) groups is 1. The summed E-state index contributed by atoms with van der Waals surface area (Å²) in [5.74, 6) is 0.344. The zero-order valence-electron chi connectivity index (χ0n) is 11.8. The summed E-state index contributed by atoms with van der Waals surface area (Å²) in [4.78, 5) is 11.0. The topological polar surface area (TPSA) is 72.6 Å². The van der Waals surface area contributed by atoms with E-state index in [9.17, 15) is 4.79 Å². The van der Waals surface area contributed by atoms with Crippen LogP contribution in [0.1, 0.15) is 10.4 Å². The molecule has 22 heavy (non-hydrogen) atoms. The third-order valence-corrected chi connectivity index (χ3v) is 3.27. The first kappa shape index (κ1) is 13.9. The molecule has 1 N–H and O–H groups in total. The van der Waals surface area contributed by atoms with Crippen molar-refractivity contribution in [2.45, 2.75) is 0 Å². The molecule has 0 unspecified atom stereocenters. The van der Waals surface area contributed by atoms with Crippen LogP contribution in [0.5, 0.6) is 5.75 Å². The number of carboxylic acids is 1. The van der Waals surface area contributed by atoms with Crippen LogP contribution < -0.4 is 4.74 Å². The lowest BCUT2D eigenvalue weighted by Crippen LogP contribution is -1.95. The van der Waals surface area contributed by atoms with Gasteiger partial charge in [0, 0.05) is 17.2 Å². The highest BCUT2D eigenvalue weighted by Gasteiger charge is 2.11. The Bertz CT molecular complexity index is 823. The van der Waals surface area contributed by atoms with Gasteiger partial charge >= 0.3 is 5.97 Å². The standard InChI is InChI=1S/C17H13NO4/c1-21-14-7-3-5-12(9-14)16-10-15(18-22-16)11-4-2-6-13(8-11)17(19)20/h2-10H,1H3,(H,19,20). The van der Waals surface area contributed by atoms with Gasteiger partial charge in [-0.2, -0.15) is 0 Å². The van der Waals surface area contributed by atoms with Gasteiger partial charge < -0.3 is 14.4 Å². The van der Waals surface area contributed by atoms with Crippen LogP contribution in [0, 0.1) is 0 Å². The number of ether oxygens (including phenoxy) is 1. The molecule has 0 aliphatic carbocycles. The third-order valence-electron chi connectivity index (χ3n) is 3.27. The molecule has 0 aliphatic heterocycles. The highest BCUT2D eigenvalue weighted by atomic mass is 16.5. The van der Waals surface area contributed by atoms with Crippen molar-refractivity contribution in [1.82, 2.24) is 5.16 Å². The maximum Gasteiger partial charge on any atom is 0.335 e. The quantitative estimate of drug-likeness (QED) is 0.794. The molecule has 1 heterocycles. The van der Waals surface area contributed by atoms with Gasteiger partial charge in [0.05, 0.1) is 12.7 Å². The molecule has 3 rings (SSSR count). The van der Waals surface area contributed by atoms with Gasteiger partial charge in [-0.05, 0) is 24.3 Å². The molecular weight excluding hydrogens is 282 g/mol. The molecule has 0 atom stereocenters. The van der Waals surface area contributed by atoms with Gasteiger partial charge in [-0.15, -0.1) is 0 Å². The molecule has 0 saturated heterocycles. The number of carboxylic acid groups (broad SMARTS) is 1. The first-order chi connectivity index (χ1) is 10.7. The van der Waals surface area contributed by atoms with Crippen molar-refractivity contribution in [3.63, 3.8) is 0 Å². The fourth-order valence-corrected chi connectivity index (χ4v) is 2.14. The van der Waals surface area contributed by atoms with Crippen molar-refractivity contribution in [3.05, 3.63) is 60.2 Å². The molecule has 0 saturated carbocycles. The first-order valence-corrected chi connectivity index (χ1v) is 6.62. The van der Waals surface area contributed by atoms with Crippen molar-refractivity contribution in [1.29, 1.82) is 0 Å². The van der Waals surface area contributed by atoms with Gasteiger partial charge in [0.25, 0.3) is 0 Å². The third kappa shape index (κ3) is 2.69. The fraction of sp³-hybridized carbons (Fsp3) is 0.0588. The lowest BCUT2D eigenvalue weighted by molar-refractivity contribution is 0.0697. The molecule has 3 aromatic rings. The molecule has 0 bridgehead atoms. The zero-order valence-corrected chi connectivity index (χ0v) is 11.8. The van der Waals surface area contributed by atoms with E-state index in [0.29, 0.717) is 17.0 Å². The SMILES string of the molecule is COc1cccc(-c2cc(-c3cccc(C(=O)O)c3)no2)c1. The molecule has 0 amide bonds. The molecule has 0 radical (unpaired) electrons. The van der Waals surface area contributed by atoms with Crippen LogP contribution in [0.25, 0.3) is 22.6 Å². The first-order valence-electron chi connectivity index (χ1n) is 6.62. The van der Waals surface area contributed by atoms with E-state index in [4.69, 9.17) is 14.4 Å². The fourth-order valence-electron chi connectivity index (χ4n) is 2.14. The van der Waals surface area contributed by atoms with E-state index in [1.807, 2.05) is 24.3 Å². The summed E-state index contributed by atoms with van der Waals surface area (Å²) in [6, 6.07) is 15.8. The number of aromatic nitrogens is 1. The summed E-state index contributed by atoms with van der Waals surface area (Å²) in [5, 5.41) is 13.0. The Morgan fingerprint density at radius 3 is 2.64 bits per heavy atom. The maximum absolute atomic E-state index is 11.0. The molecular formula is C17H13NO4. The normalized spacial score (nSPS) is 10.4. The second kappa shape index (κ2) is 5.73. The predicted octanol–water partition coefficient (Wildman–Crippen LogP) is 3.72. The Balaban J connectivity index is 1.96. The summed E-state index contributed by atoms with van der Waals surface area (Å²) >= 11 is 0. The summed E-state index contributed by atoms with van der Waals surface area (Å²) in [6.07, 6.45) is 0. The van der Waals surface area contributed by atoms with Crippen LogP contribution in [0.15, 0.2) is 59.1 Å². The lowest BCUT2D eigenvalue weighted by atomic mass is 10.1. The molecule has 5 nitrogen and oxygen atoms in total. The summed E-state index contributed by atoms with van der Waals surface area (Å²) in [6.45, 7) is 0. The average molecular weight is 295 g/mol. The van der Waals surface area contributed by atoms with Crippen LogP contribution >= 0.6 is 0 Å². The lowest BCUT2D eigenvalue weighted by Gasteiger charge is -2.00. The molecule has 2 aromatic carbocycles. The Kier molecular flexibility index (Phi) is 3.62. The number of benzene rings is 2. The van der Waals surface area contributed by atoms with E-state index in [-0.39, 0.29) is 5.56 Å². The van der Waals surface area contributed by atoms with Crippen molar-refractivity contribution in [2.75, 3.05) is 7.11 Å². The molecule has 0 spiro atoms. The summed E-state index contributed by atoms with van der Waals surface area (Å²) < 4.78 is 10.5. The van der Waals surface area contributed by atoms with Crippen molar-refractivity contribution in [3.8, 4) is 28.3 Å². The number of aromatic carboxylic acids is 1. The largest absolute Gasteiger partial charge is 0.497 e. The second-order valence-corrected chi connectivity index (χ2v) is 4.69. The predicted molar refractivity (Wildman–Crippen MR) is 80.9 cm³/mol. The Morgan fingerprint density at radius 2 is 1.86 bits per heavy atom. The van der Waals surface area contributed by atoms with Gasteiger partial charge in [-0.3, -0.25) is 0 Å². The Hall–Kier alpha value is -3.08. The van der Waals surface area contributed by atoms with Gasteiger partial charge in [0.15, 0.2) is 5.76 Å². The minimum absolute atomic E-state index is 0.212. The smallest absolute Gasteiger partial charge is 0.335 e. The minimum atomic E-state index is -0.974. The molecule has 5 heteroatoms. The Morgan fingerprint density at radius 1 is 1.09 bits per heavy atom. The van der Waals surface area contributed by atoms with E-state index < -0.39 is 5.97 Å². The van der Waals surface area contributed by atoms with E-state index in [0.717, 1.165) is 11.3 Å². The van der Waals surface area contributed by atoms with Crippen molar-refractivity contribution >= 4 is 5.97 Å². The van der Waals surface area contributed by atoms with Crippen LogP contribution in [-0.2, 0) is 0 Å². The Labute approximate surface area is 126 Å². The maximum atomic E-state index is 11.0. The number of hydrogen-bond donors (Lipinski definition) is 1. The van der Waals surface area contributed by atoms with Crippen molar-refractivity contribution in [2.24, 2.45) is 0 Å². The van der Waals surface area contributed by atoms with Gasteiger partial charge in [-0.1, -0.05) is 29.4 Å². The van der Waals surface area contributed by atoms with Gasteiger partial charge in [0.1, 0.15) is 11.4 Å². The molecule has 0 fully saturated rings. The van der Waals surface area contributed by atoms with E-state index in [1.54, 1.807) is 31.4 Å². The van der Waals surface area contributed by atoms with Crippen molar-refractivity contribution < 1.29 is 19.2 Å². The molecule has 0 aliphatic rings. The van der Waals surface area contributed by atoms with E-state index >= 15 is 0 Å². The number of methoxy groups -OCH3 is 1.